The van der Waals surface area contributed by atoms with Gasteiger partial charge in [0.1, 0.15) is 17.6 Å². The first-order valence-electron chi connectivity index (χ1n) is 13.5. The summed E-state index contributed by atoms with van der Waals surface area (Å²) < 4.78 is 5.80. The van der Waals surface area contributed by atoms with Crippen molar-refractivity contribution in [3.05, 3.63) is 70.3 Å². The minimum Gasteiger partial charge on any atom is -0.507 e. The molecule has 0 unspecified atom stereocenters. The number of amides is 1. The Morgan fingerprint density at radius 1 is 1.08 bits per heavy atom. The summed E-state index contributed by atoms with van der Waals surface area (Å²) in [7, 11) is 0. The van der Waals surface area contributed by atoms with Crippen molar-refractivity contribution in [3.63, 3.8) is 0 Å². The highest BCUT2D eigenvalue weighted by Crippen LogP contribution is 2.41. The number of hydrogen-bond donors (Lipinski definition) is 1. The highest BCUT2D eigenvalue weighted by atomic mass is 16.5. The normalized spacial score (nSPS) is 21.0. The molecular formula is C31H40N2O4. The molecule has 2 aliphatic heterocycles. The summed E-state index contributed by atoms with van der Waals surface area (Å²) in [5, 5.41) is 11.5. The van der Waals surface area contributed by atoms with Crippen LogP contribution in [-0.2, 0) is 21.4 Å². The molecule has 0 bridgehead atoms. The van der Waals surface area contributed by atoms with Crippen molar-refractivity contribution in [1.29, 1.82) is 0 Å². The first-order chi connectivity index (χ1) is 17.5. The zero-order valence-electron chi connectivity index (χ0n) is 23.0. The molecule has 2 aliphatic rings. The van der Waals surface area contributed by atoms with E-state index in [1.54, 1.807) is 11.0 Å². The molecule has 6 heteroatoms. The van der Waals surface area contributed by atoms with Gasteiger partial charge in [0, 0.05) is 18.5 Å². The molecule has 1 N–H and O–H groups in total. The Labute approximate surface area is 220 Å². The van der Waals surface area contributed by atoms with Crippen molar-refractivity contribution < 1.29 is 19.4 Å². The molecule has 2 heterocycles. The van der Waals surface area contributed by atoms with Gasteiger partial charge in [0.2, 0.25) is 0 Å². The topological polar surface area (TPSA) is 70.1 Å². The van der Waals surface area contributed by atoms with Crippen molar-refractivity contribution in [2.75, 3.05) is 26.2 Å². The molecule has 0 spiro atoms. The molecule has 0 radical (unpaired) electrons. The molecule has 0 aliphatic carbocycles. The summed E-state index contributed by atoms with van der Waals surface area (Å²) >= 11 is 0. The van der Waals surface area contributed by atoms with Gasteiger partial charge >= 0.3 is 0 Å². The van der Waals surface area contributed by atoms with Gasteiger partial charge in [0.25, 0.3) is 11.7 Å². The molecule has 1 fully saturated rings. The lowest BCUT2D eigenvalue weighted by Gasteiger charge is -2.27. The zero-order valence-corrected chi connectivity index (χ0v) is 23.0. The lowest BCUT2D eigenvalue weighted by Crippen LogP contribution is -2.33. The summed E-state index contributed by atoms with van der Waals surface area (Å²) in [4.78, 5) is 30.6. The Bertz CT molecular complexity index is 1190. The van der Waals surface area contributed by atoms with Gasteiger partial charge in [-0.1, -0.05) is 58.9 Å². The predicted octanol–water partition coefficient (Wildman–Crippen LogP) is 5.46. The number of fused-ring (bicyclic) bond motifs is 1. The van der Waals surface area contributed by atoms with Gasteiger partial charge < -0.3 is 19.6 Å². The van der Waals surface area contributed by atoms with Crippen LogP contribution in [0.15, 0.2) is 48.0 Å². The van der Waals surface area contributed by atoms with E-state index in [2.05, 4.69) is 51.7 Å². The third kappa shape index (κ3) is 5.45. The maximum Gasteiger partial charge on any atom is 0.295 e. The second kappa shape index (κ2) is 10.7. The van der Waals surface area contributed by atoms with E-state index in [-0.39, 0.29) is 22.9 Å². The van der Waals surface area contributed by atoms with Crippen LogP contribution in [0.25, 0.3) is 5.76 Å². The average Bonchev–Trinajstić information content (AvgIpc) is 3.36. The highest BCUT2D eigenvalue weighted by molar-refractivity contribution is 6.46. The standard InChI is InChI=1S/C31H40N2O4/c1-7-32(8-2)16-9-17-33-27(21-10-13-24(14-11-21)31(4,5)6)26(29(35)30(33)36)28(34)22-12-15-25-23(19-22)18-20(3)37-25/h10-15,19-20,27,34H,7-9,16-18H2,1-6H3/b28-26+/t20-,27+/m0/s1. The number of Topliss-reactive ketones (excluding diaryl/α,β-unsaturated/α-hetero) is 1. The second-order valence-corrected chi connectivity index (χ2v) is 11.2. The van der Waals surface area contributed by atoms with Crippen molar-refractivity contribution in [2.24, 2.45) is 0 Å². The van der Waals surface area contributed by atoms with Crippen LogP contribution in [0, 0.1) is 0 Å². The van der Waals surface area contributed by atoms with E-state index in [4.69, 9.17) is 4.74 Å². The van der Waals surface area contributed by atoms with E-state index in [9.17, 15) is 14.7 Å². The van der Waals surface area contributed by atoms with Crippen molar-refractivity contribution in [1.82, 2.24) is 9.80 Å². The fourth-order valence-electron chi connectivity index (χ4n) is 5.35. The Kier molecular flexibility index (Phi) is 7.79. The third-order valence-corrected chi connectivity index (χ3v) is 7.57. The van der Waals surface area contributed by atoms with Crippen molar-refractivity contribution in [2.45, 2.75) is 71.9 Å². The summed E-state index contributed by atoms with van der Waals surface area (Å²) in [6, 6.07) is 12.9. The van der Waals surface area contributed by atoms with E-state index in [0.717, 1.165) is 49.4 Å². The zero-order chi connectivity index (χ0) is 26.9. The SMILES string of the molecule is CCN(CC)CCCN1C(=O)C(=O)/C(=C(/O)c2ccc3c(c2)C[C@H](C)O3)[C@H]1c1ccc(C(C)(C)C)cc1. The molecule has 0 saturated carbocycles. The lowest BCUT2D eigenvalue weighted by atomic mass is 9.85. The van der Waals surface area contributed by atoms with Crippen LogP contribution in [0.3, 0.4) is 0 Å². The van der Waals surface area contributed by atoms with Crippen LogP contribution in [0.4, 0.5) is 0 Å². The Hall–Kier alpha value is -3.12. The molecule has 6 nitrogen and oxygen atoms in total. The summed E-state index contributed by atoms with van der Waals surface area (Å²) in [6.45, 7) is 15.9. The molecular weight excluding hydrogens is 464 g/mol. The van der Waals surface area contributed by atoms with Crippen LogP contribution < -0.4 is 4.74 Å². The molecule has 1 amide bonds. The number of likely N-dealkylation sites (tertiary alicyclic amines) is 1. The smallest absolute Gasteiger partial charge is 0.295 e. The number of ketones is 1. The van der Waals surface area contributed by atoms with Gasteiger partial charge in [-0.2, -0.15) is 0 Å². The number of rotatable bonds is 8. The molecule has 0 aromatic heterocycles. The van der Waals surface area contributed by atoms with E-state index in [1.165, 1.54) is 5.56 Å². The molecule has 2 aromatic carbocycles. The Morgan fingerprint density at radius 3 is 2.38 bits per heavy atom. The Morgan fingerprint density at radius 2 is 1.76 bits per heavy atom. The third-order valence-electron chi connectivity index (χ3n) is 7.57. The number of carbonyl (C=O) groups is 2. The number of carbonyl (C=O) groups excluding carboxylic acids is 2. The predicted molar refractivity (Wildman–Crippen MR) is 147 cm³/mol. The molecule has 37 heavy (non-hydrogen) atoms. The first kappa shape index (κ1) is 26.9. The fraction of sp³-hybridized carbons (Fsp3) is 0.484. The van der Waals surface area contributed by atoms with Crippen LogP contribution in [0.5, 0.6) is 5.75 Å². The van der Waals surface area contributed by atoms with Gasteiger partial charge in [-0.25, -0.2) is 0 Å². The second-order valence-electron chi connectivity index (χ2n) is 11.2. The van der Waals surface area contributed by atoms with E-state index in [1.807, 2.05) is 31.2 Å². The number of nitrogens with zero attached hydrogens (tertiary/aromatic N) is 2. The van der Waals surface area contributed by atoms with Crippen molar-refractivity contribution >= 4 is 17.4 Å². The van der Waals surface area contributed by atoms with E-state index < -0.39 is 17.7 Å². The molecule has 4 rings (SSSR count). The summed E-state index contributed by atoms with van der Waals surface area (Å²) in [5.74, 6) is -0.508. The minimum absolute atomic E-state index is 0.0201. The first-order valence-corrected chi connectivity index (χ1v) is 13.5. The van der Waals surface area contributed by atoms with E-state index in [0.29, 0.717) is 12.1 Å². The number of hydrogen-bond acceptors (Lipinski definition) is 5. The number of aliphatic hydroxyl groups excluding tert-OH is 1. The number of benzene rings is 2. The summed E-state index contributed by atoms with van der Waals surface area (Å²) in [5.41, 5.74) is 3.67. The maximum absolute atomic E-state index is 13.4. The molecule has 2 atom stereocenters. The van der Waals surface area contributed by atoms with Crippen LogP contribution in [0.2, 0.25) is 0 Å². The monoisotopic (exact) mass is 504 g/mol. The van der Waals surface area contributed by atoms with Crippen molar-refractivity contribution in [3.8, 4) is 5.75 Å². The summed E-state index contributed by atoms with van der Waals surface area (Å²) in [6.07, 6.45) is 1.57. The van der Waals surface area contributed by atoms with Gasteiger partial charge in [-0.05, 0) is 73.3 Å². The van der Waals surface area contributed by atoms with E-state index >= 15 is 0 Å². The average molecular weight is 505 g/mol. The van der Waals surface area contributed by atoms with Gasteiger partial charge in [-0.3, -0.25) is 9.59 Å². The van der Waals surface area contributed by atoms with Gasteiger partial charge in [-0.15, -0.1) is 0 Å². The number of aliphatic hydroxyl groups is 1. The highest BCUT2D eigenvalue weighted by Gasteiger charge is 2.46. The fourth-order valence-corrected chi connectivity index (χ4v) is 5.35. The quantitative estimate of drug-likeness (QED) is 0.294. The maximum atomic E-state index is 13.4. The lowest BCUT2D eigenvalue weighted by molar-refractivity contribution is -0.140. The van der Waals surface area contributed by atoms with Gasteiger partial charge in [0.15, 0.2) is 0 Å². The van der Waals surface area contributed by atoms with Crippen LogP contribution in [-0.4, -0.2) is 58.9 Å². The van der Waals surface area contributed by atoms with Gasteiger partial charge in [0.05, 0.1) is 11.6 Å². The molecule has 2 aromatic rings. The van der Waals surface area contributed by atoms with Crippen LogP contribution in [0.1, 0.15) is 76.3 Å². The minimum atomic E-state index is -0.630. The Balaban J connectivity index is 1.75. The molecule has 198 valence electrons. The largest absolute Gasteiger partial charge is 0.507 e. The number of ether oxygens (including phenoxy) is 1. The molecule has 1 saturated heterocycles. The van der Waals surface area contributed by atoms with Crippen LogP contribution >= 0.6 is 0 Å².